The van der Waals surface area contributed by atoms with E-state index in [0.717, 1.165) is 37.3 Å². The van der Waals surface area contributed by atoms with Crippen LogP contribution in [0.1, 0.15) is 25.8 Å². The number of nitrogens with zero attached hydrogens (tertiary/aromatic N) is 1. The van der Waals surface area contributed by atoms with Crippen LogP contribution >= 0.6 is 0 Å². The zero-order valence-electron chi connectivity index (χ0n) is 10.9. The molecule has 2 nitrogen and oxygen atoms in total. The summed E-state index contributed by atoms with van der Waals surface area (Å²) in [6.45, 7) is 9.17. The van der Waals surface area contributed by atoms with Crippen LogP contribution in [0.15, 0.2) is 18.2 Å². The van der Waals surface area contributed by atoms with Crippen LogP contribution in [0.2, 0.25) is 0 Å². The third kappa shape index (κ3) is 2.78. The summed E-state index contributed by atoms with van der Waals surface area (Å²) in [6.07, 6.45) is 1.10. The van der Waals surface area contributed by atoms with E-state index in [1.54, 1.807) is 6.07 Å². The monoisotopic (exact) mass is 236 g/mol. The lowest BCUT2D eigenvalue weighted by Gasteiger charge is -2.32. The molecule has 3 heteroatoms. The quantitative estimate of drug-likeness (QED) is 0.806. The second-order valence-corrected chi connectivity index (χ2v) is 5.47. The van der Waals surface area contributed by atoms with Crippen LogP contribution in [0.3, 0.4) is 0 Å². The largest absolute Gasteiger partial charge is 0.369 e. The smallest absolute Gasteiger partial charge is 0.128 e. The van der Waals surface area contributed by atoms with Crippen molar-refractivity contribution in [3.63, 3.8) is 0 Å². The number of nitrogens with one attached hydrogen (secondary N) is 1. The predicted octanol–water partition coefficient (Wildman–Crippen LogP) is 2.71. The SMILES string of the molecule is Cc1c(F)cccc1N1CCCNC(C)(C)C1. The summed E-state index contributed by atoms with van der Waals surface area (Å²) in [5, 5.41) is 3.52. The second kappa shape index (κ2) is 4.65. The van der Waals surface area contributed by atoms with Crippen molar-refractivity contribution in [2.45, 2.75) is 32.7 Å². The maximum atomic E-state index is 13.6. The van der Waals surface area contributed by atoms with Gasteiger partial charge in [0.15, 0.2) is 0 Å². The van der Waals surface area contributed by atoms with Crippen molar-refractivity contribution in [3.8, 4) is 0 Å². The van der Waals surface area contributed by atoms with Gasteiger partial charge < -0.3 is 10.2 Å². The Morgan fingerprint density at radius 2 is 2.12 bits per heavy atom. The Bertz CT molecular complexity index is 401. The molecule has 0 unspecified atom stereocenters. The molecule has 0 saturated carbocycles. The Kier molecular flexibility index (Phi) is 3.38. The minimum atomic E-state index is -0.113. The molecule has 1 aliphatic heterocycles. The molecule has 17 heavy (non-hydrogen) atoms. The Morgan fingerprint density at radius 1 is 1.35 bits per heavy atom. The molecule has 94 valence electrons. The first-order chi connectivity index (χ1) is 7.99. The van der Waals surface area contributed by atoms with Crippen LogP contribution in [0, 0.1) is 12.7 Å². The minimum absolute atomic E-state index is 0.0786. The van der Waals surface area contributed by atoms with Crippen molar-refractivity contribution < 1.29 is 4.39 Å². The van der Waals surface area contributed by atoms with Crippen LogP contribution in [-0.4, -0.2) is 25.2 Å². The fourth-order valence-electron chi connectivity index (χ4n) is 2.45. The number of hydrogen-bond donors (Lipinski definition) is 1. The summed E-state index contributed by atoms with van der Waals surface area (Å²) in [5.41, 5.74) is 1.86. The van der Waals surface area contributed by atoms with Gasteiger partial charge in [-0.25, -0.2) is 4.39 Å². The van der Waals surface area contributed by atoms with E-state index >= 15 is 0 Å². The van der Waals surface area contributed by atoms with Crippen LogP contribution in [-0.2, 0) is 0 Å². The third-order valence-electron chi connectivity index (χ3n) is 3.37. The van der Waals surface area contributed by atoms with Crippen LogP contribution in [0.25, 0.3) is 0 Å². The summed E-state index contributed by atoms with van der Waals surface area (Å²) in [6, 6.07) is 5.34. The van der Waals surface area contributed by atoms with Crippen LogP contribution < -0.4 is 10.2 Å². The van der Waals surface area contributed by atoms with Gasteiger partial charge in [-0.15, -0.1) is 0 Å². The Labute approximate surface area is 103 Å². The van der Waals surface area contributed by atoms with Gasteiger partial charge in [0.2, 0.25) is 0 Å². The molecule has 0 amide bonds. The molecule has 1 fully saturated rings. The Morgan fingerprint density at radius 3 is 2.88 bits per heavy atom. The molecule has 1 saturated heterocycles. The summed E-state index contributed by atoms with van der Waals surface area (Å²) in [7, 11) is 0. The number of benzene rings is 1. The third-order valence-corrected chi connectivity index (χ3v) is 3.37. The van der Waals surface area contributed by atoms with Crippen molar-refractivity contribution in [2.75, 3.05) is 24.5 Å². The number of hydrogen-bond acceptors (Lipinski definition) is 2. The topological polar surface area (TPSA) is 15.3 Å². The Balaban J connectivity index is 2.29. The van der Waals surface area contributed by atoms with Gasteiger partial charge in [-0.2, -0.15) is 0 Å². The van der Waals surface area contributed by atoms with Gasteiger partial charge in [0.25, 0.3) is 0 Å². The molecular weight excluding hydrogens is 215 g/mol. The summed E-state index contributed by atoms with van der Waals surface area (Å²) < 4.78 is 13.6. The lowest BCUT2D eigenvalue weighted by atomic mass is 10.0. The predicted molar refractivity (Wildman–Crippen MR) is 70.0 cm³/mol. The molecular formula is C14H21FN2. The first-order valence-electron chi connectivity index (χ1n) is 6.25. The van der Waals surface area contributed by atoms with Gasteiger partial charge >= 0.3 is 0 Å². The van der Waals surface area contributed by atoms with Gasteiger partial charge in [-0.1, -0.05) is 6.07 Å². The van der Waals surface area contributed by atoms with Gasteiger partial charge in [0, 0.05) is 29.9 Å². The minimum Gasteiger partial charge on any atom is -0.369 e. The fraction of sp³-hybridized carbons (Fsp3) is 0.571. The standard InChI is InChI=1S/C14H21FN2/c1-11-12(15)6-4-7-13(11)17-9-5-8-16-14(2,3)10-17/h4,6-7,16H,5,8-10H2,1-3H3. The molecule has 1 N–H and O–H groups in total. The molecule has 1 aliphatic rings. The molecule has 0 aromatic heterocycles. The highest BCUT2D eigenvalue weighted by Gasteiger charge is 2.25. The lowest BCUT2D eigenvalue weighted by molar-refractivity contribution is 0.416. The zero-order valence-corrected chi connectivity index (χ0v) is 10.9. The van der Waals surface area contributed by atoms with E-state index in [4.69, 9.17) is 0 Å². The van der Waals surface area contributed by atoms with Crippen molar-refractivity contribution in [2.24, 2.45) is 0 Å². The van der Waals surface area contributed by atoms with Gasteiger partial charge in [0.1, 0.15) is 5.82 Å². The van der Waals surface area contributed by atoms with Gasteiger partial charge in [-0.05, 0) is 45.9 Å². The maximum absolute atomic E-state index is 13.6. The van der Waals surface area contributed by atoms with E-state index in [-0.39, 0.29) is 11.4 Å². The molecule has 0 bridgehead atoms. The Hall–Kier alpha value is -1.09. The maximum Gasteiger partial charge on any atom is 0.128 e. The molecule has 1 aromatic carbocycles. The van der Waals surface area contributed by atoms with E-state index in [9.17, 15) is 4.39 Å². The summed E-state index contributed by atoms with van der Waals surface area (Å²) in [4.78, 5) is 2.29. The second-order valence-electron chi connectivity index (χ2n) is 5.47. The van der Waals surface area contributed by atoms with E-state index in [1.807, 2.05) is 13.0 Å². The van der Waals surface area contributed by atoms with Crippen molar-refractivity contribution in [3.05, 3.63) is 29.6 Å². The van der Waals surface area contributed by atoms with E-state index in [0.29, 0.717) is 0 Å². The molecule has 0 atom stereocenters. The molecule has 1 aromatic rings. The van der Waals surface area contributed by atoms with E-state index in [1.165, 1.54) is 6.07 Å². The highest BCUT2D eigenvalue weighted by molar-refractivity contribution is 5.54. The molecule has 1 heterocycles. The van der Waals surface area contributed by atoms with Crippen molar-refractivity contribution in [1.29, 1.82) is 0 Å². The first kappa shape index (κ1) is 12.4. The average Bonchev–Trinajstić information content (AvgIpc) is 2.43. The first-order valence-corrected chi connectivity index (χ1v) is 6.25. The molecule has 2 rings (SSSR count). The number of anilines is 1. The van der Waals surface area contributed by atoms with E-state index in [2.05, 4.69) is 24.1 Å². The van der Waals surface area contributed by atoms with Crippen LogP contribution in [0.5, 0.6) is 0 Å². The molecule has 0 aliphatic carbocycles. The normalized spacial score (nSPS) is 20.1. The highest BCUT2D eigenvalue weighted by atomic mass is 19.1. The number of rotatable bonds is 1. The molecule has 0 radical (unpaired) electrons. The van der Waals surface area contributed by atoms with Gasteiger partial charge in [-0.3, -0.25) is 0 Å². The lowest BCUT2D eigenvalue weighted by Crippen LogP contribution is -2.46. The summed E-state index contributed by atoms with van der Waals surface area (Å²) in [5.74, 6) is -0.113. The highest BCUT2D eigenvalue weighted by Crippen LogP contribution is 2.25. The zero-order chi connectivity index (χ0) is 12.5. The summed E-state index contributed by atoms with van der Waals surface area (Å²) >= 11 is 0. The van der Waals surface area contributed by atoms with Gasteiger partial charge in [0.05, 0.1) is 0 Å². The van der Waals surface area contributed by atoms with Crippen molar-refractivity contribution >= 4 is 5.69 Å². The van der Waals surface area contributed by atoms with Crippen LogP contribution in [0.4, 0.5) is 10.1 Å². The fourth-order valence-corrected chi connectivity index (χ4v) is 2.45. The number of halogens is 1. The van der Waals surface area contributed by atoms with Crippen molar-refractivity contribution in [1.82, 2.24) is 5.32 Å². The van der Waals surface area contributed by atoms with E-state index < -0.39 is 0 Å². The average molecular weight is 236 g/mol. The molecule has 0 spiro atoms.